The Labute approximate surface area is 137 Å². The van der Waals surface area contributed by atoms with Crippen molar-refractivity contribution in [2.45, 2.75) is 33.2 Å². The summed E-state index contributed by atoms with van der Waals surface area (Å²) < 4.78 is 0. The zero-order valence-corrected chi connectivity index (χ0v) is 14.2. The zero-order chi connectivity index (χ0) is 15.5. The van der Waals surface area contributed by atoms with Gasteiger partial charge in [0.25, 0.3) is 0 Å². The monoisotopic (exact) mass is 321 g/mol. The highest BCUT2D eigenvalue weighted by molar-refractivity contribution is 6.42. The fourth-order valence-electron chi connectivity index (χ4n) is 2.34. The third kappa shape index (κ3) is 4.94. The average molecular weight is 322 g/mol. The number of anilines is 1. The molecule has 2 aromatic carbocycles. The van der Waals surface area contributed by atoms with Crippen LogP contribution in [0.1, 0.15) is 38.8 Å². The molecule has 1 unspecified atom stereocenters. The lowest BCUT2D eigenvalue weighted by Gasteiger charge is -2.28. The molecular formula is C18H21Cl2N. The van der Waals surface area contributed by atoms with E-state index in [2.05, 4.69) is 50.4 Å². The third-order valence-corrected chi connectivity index (χ3v) is 4.02. The Kier molecular flexibility index (Phi) is 5.18. The summed E-state index contributed by atoms with van der Waals surface area (Å²) >= 11 is 12.1. The van der Waals surface area contributed by atoms with Gasteiger partial charge in [0.2, 0.25) is 0 Å². The summed E-state index contributed by atoms with van der Waals surface area (Å²) in [5.74, 6) is 0. The number of benzene rings is 2. The van der Waals surface area contributed by atoms with Crippen LogP contribution in [-0.2, 0) is 0 Å². The third-order valence-electron chi connectivity index (χ3n) is 3.28. The standard InChI is InChI=1S/C18H21Cl2N/c1-18(2,3)12-17(13-7-5-4-6-8-13)21-14-9-10-15(19)16(20)11-14/h4-11,17,21H,12H2,1-3H3. The molecule has 112 valence electrons. The summed E-state index contributed by atoms with van der Waals surface area (Å²) in [6.07, 6.45) is 1.03. The average Bonchev–Trinajstić information content (AvgIpc) is 2.42. The van der Waals surface area contributed by atoms with Gasteiger partial charge in [-0.25, -0.2) is 0 Å². The summed E-state index contributed by atoms with van der Waals surface area (Å²) in [5, 5.41) is 4.73. The molecule has 3 heteroatoms. The highest BCUT2D eigenvalue weighted by atomic mass is 35.5. The Bertz CT molecular complexity index is 588. The second kappa shape index (κ2) is 6.72. The van der Waals surface area contributed by atoms with Gasteiger partial charge in [0.15, 0.2) is 0 Å². The molecule has 0 amide bonds. The number of hydrogen-bond donors (Lipinski definition) is 1. The van der Waals surface area contributed by atoms with Gasteiger partial charge >= 0.3 is 0 Å². The van der Waals surface area contributed by atoms with E-state index in [1.807, 2.05) is 24.3 Å². The van der Waals surface area contributed by atoms with Crippen molar-refractivity contribution in [1.82, 2.24) is 0 Å². The van der Waals surface area contributed by atoms with Gasteiger partial charge in [0, 0.05) is 5.69 Å². The molecule has 2 rings (SSSR count). The van der Waals surface area contributed by atoms with Gasteiger partial charge in [0.05, 0.1) is 16.1 Å². The molecule has 0 spiro atoms. The number of rotatable bonds is 4. The molecule has 1 atom stereocenters. The first-order valence-corrected chi connectivity index (χ1v) is 7.87. The minimum absolute atomic E-state index is 0.226. The van der Waals surface area contributed by atoms with E-state index in [0.717, 1.165) is 12.1 Å². The van der Waals surface area contributed by atoms with E-state index < -0.39 is 0 Å². The lowest BCUT2D eigenvalue weighted by atomic mass is 9.85. The van der Waals surface area contributed by atoms with Crippen molar-refractivity contribution in [2.75, 3.05) is 5.32 Å². The molecule has 0 aliphatic heterocycles. The lowest BCUT2D eigenvalue weighted by molar-refractivity contribution is 0.352. The topological polar surface area (TPSA) is 12.0 Å². The normalized spacial score (nSPS) is 13.0. The van der Waals surface area contributed by atoms with Crippen LogP contribution in [0.5, 0.6) is 0 Å². The maximum atomic E-state index is 6.10. The van der Waals surface area contributed by atoms with Crippen molar-refractivity contribution in [3.05, 3.63) is 64.1 Å². The van der Waals surface area contributed by atoms with E-state index >= 15 is 0 Å². The van der Waals surface area contributed by atoms with Gasteiger partial charge in [-0.1, -0.05) is 74.3 Å². The number of hydrogen-bond acceptors (Lipinski definition) is 1. The van der Waals surface area contributed by atoms with E-state index in [1.54, 1.807) is 0 Å². The number of halogens is 2. The van der Waals surface area contributed by atoms with Crippen molar-refractivity contribution in [2.24, 2.45) is 5.41 Å². The first-order valence-electron chi connectivity index (χ1n) is 7.12. The minimum atomic E-state index is 0.226. The quantitative estimate of drug-likeness (QED) is 0.670. The van der Waals surface area contributed by atoms with Crippen molar-refractivity contribution in [3.63, 3.8) is 0 Å². The van der Waals surface area contributed by atoms with E-state index in [4.69, 9.17) is 23.2 Å². The molecule has 0 bridgehead atoms. The van der Waals surface area contributed by atoms with Crippen LogP contribution >= 0.6 is 23.2 Å². The summed E-state index contributed by atoms with van der Waals surface area (Å²) in [7, 11) is 0. The second-order valence-corrected chi connectivity index (χ2v) is 7.32. The Morgan fingerprint density at radius 3 is 2.19 bits per heavy atom. The van der Waals surface area contributed by atoms with Crippen LogP contribution in [0, 0.1) is 5.41 Å². The lowest BCUT2D eigenvalue weighted by Crippen LogP contribution is -2.18. The molecule has 0 saturated heterocycles. The SMILES string of the molecule is CC(C)(C)CC(Nc1ccc(Cl)c(Cl)c1)c1ccccc1. The van der Waals surface area contributed by atoms with E-state index in [-0.39, 0.29) is 11.5 Å². The molecule has 0 aliphatic rings. The predicted molar refractivity (Wildman–Crippen MR) is 93.3 cm³/mol. The van der Waals surface area contributed by atoms with Crippen LogP contribution in [0.4, 0.5) is 5.69 Å². The Hall–Kier alpha value is -1.18. The molecule has 21 heavy (non-hydrogen) atoms. The summed E-state index contributed by atoms with van der Waals surface area (Å²) in [4.78, 5) is 0. The molecule has 0 heterocycles. The summed E-state index contributed by atoms with van der Waals surface area (Å²) in [6, 6.07) is 16.4. The van der Waals surface area contributed by atoms with E-state index in [1.165, 1.54) is 5.56 Å². The van der Waals surface area contributed by atoms with Crippen LogP contribution in [0.2, 0.25) is 10.0 Å². The van der Waals surface area contributed by atoms with Gasteiger partial charge in [-0.15, -0.1) is 0 Å². The molecule has 0 aliphatic carbocycles. The molecule has 1 nitrogen and oxygen atoms in total. The molecule has 0 aromatic heterocycles. The molecule has 0 radical (unpaired) electrons. The largest absolute Gasteiger partial charge is 0.378 e. The van der Waals surface area contributed by atoms with Crippen LogP contribution in [0.15, 0.2) is 48.5 Å². The Balaban J connectivity index is 2.25. The van der Waals surface area contributed by atoms with Crippen molar-refractivity contribution < 1.29 is 0 Å². The predicted octanol–water partition coefficient (Wildman–Crippen LogP) is 6.58. The minimum Gasteiger partial charge on any atom is -0.378 e. The van der Waals surface area contributed by atoms with Gasteiger partial charge in [0.1, 0.15) is 0 Å². The van der Waals surface area contributed by atoms with Gasteiger partial charge in [-0.2, -0.15) is 0 Å². The van der Waals surface area contributed by atoms with Crippen molar-refractivity contribution >= 4 is 28.9 Å². The van der Waals surface area contributed by atoms with E-state index in [0.29, 0.717) is 10.0 Å². The van der Waals surface area contributed by atoms with Gasteiger partial charge < -0.3 is 5.32 Å². The first kappa shape index (κ1) is 16.2. The zero-order valence-electron chi connectivity index (χ0n) is 12.7. The van der Waals surface area contributed by atoms with Crippen LogP contribution in [0.3, 0.4) is 0 Å². The Morgan fingerprint density at radius 1 is 0.952 bits per heavy atom. The Morgan fingerprint density at radius 2 is 1.62 bits per heavy atom. The van der Waals surface area contributed by atoms with Gasteiger partial charge in [-0.05, 0) is 35.6 Å². The molecule has 2 aromatic rings. The van der Waals surface area contributed by atoms with Gasteiger partial charge in [-0.3, -0.25) is 0 Å². The summed E-state index contributed by atoms with van der Waals surface area (Å²) in [5.41, 5.74) is 2.49. The highest BCUT2D eigenvalue weighted by Crippen LogP contribution is 2.33. The van der Waals surface area contributed by atoms with Crippen LogP contribution in [-0.4, -0.2) is 0 Å². The summed E-state index contributed by atoms with van der Waals surface area (Å²) in [6.45, 7) is 6.75. The maximum Gasteiger partial charge on any atom is 0.0612 e. The molecular weight excluding hydrogens is 301 g/mol. The fourth-order valence-corrected chi connectivity index (χ4v) is 2.64. The molecule has 1 N–H and O–H groups in total. The van der Waals surface area contributed by atoms with Crippen molar-refractivity contribution in [1.29, 1.82) is 0 Å². The fraction of sp³-hybridized carbons (Fsp3) is 0.333. The number of nitrogens with one attached hydrogen (secondary N) is 1. The first-order chi connectivity index (χ1) is 9.85. The van der Waals surface area contributed by atoms with E-state index in [9.17, 15) is 0 Å². The van der Waals surface area contributed by atoms with Crippen LogP contribution in [0.25, 0.3) is 0 Å². The second-order valence-electron chi connectivity index (χ2n) is 6.50. The van der Waals surface area contributed by atoms with Crippen LogP contribution < -0.4 is 5.32 Å². The highest BCUT2D eigenvalue weighted by Gasteiger charge is 2.20. The maximum absolute atomic E-state index is 6.10. The molecule has 0 saturated carbocycles. The smallest absolute Gasteiger partial charge is 0.0612 e. The van der Waals surface area contributed by atoms with Crippen molar-refractivity contribution in [3.8, 4) is 0 Å². The molecule has 0 fully saturated rings.